The van der Waals surface area contributed by atoms with Gasteiger partial charge < -0.3 is 16.4 Å². The molecular formula is C33H31N5OS. The fraction of sp³-hybridized carbons (Fsp3) is 0.182. The Bertz CT molecular complexity index is 1700. The number of nitrogens with zero attached hydrogens (tertiary/aromatic N) is 2. The van der Waals surface area contributed by atoms with Gasteiger partial charge in [0.05, 0.1) is 17.2 Å². The van der Waals surface area contributed by atoms with Crippen molar-refractivity contribution in [2.24, 2.45) is 0 Å². The molecule has 0 saturated heterocycles. The van der Waals surface area contributed by atoms with Crippen molar-refractivity contribution < 1.29 is 4.79 Å². The minimum Gasteiger partial charge on any atom is -0.399 e. The highest BCUT2D eigenvalue weighted by Gasteiger charge is 2.24. The Balaban J connectivity index is 1.34. The fourth-order valence-corrected chi connectivity index (χ4v) is 6.01. The zero-order valence-corrected chi connectivity index (χ0v) is 23.3. The number of nitrogens with two attached hydrogens (primary N) is 1. The van der Waals surface area contributed by atoms with Crippen molar-refractivity contribution in [3.63, 3.8) is 0 Å². The van der Waals surface area contributed by atoms with E-state index < -0.39 is 0 Å². The molecule has 0 aliphatic heterocycles. The molecule has 0 spiro atoms. The van der Waals surface area contributed by atoms with Crippen LogP contribution in [0, 0.1) is 0 Å². The number of carbonyl (C=O) groups is 1. The van der Waals surface area contributed by atoms with Crippen molar-refractivity contribution in [3.8, 4) is 0 Å². The molecule has 40 heavy (non-hydrogen) atoms. The molecule has 1 aliphatic rings. The Kier molecular flexibility index (Phi) is 7.13. The van der Waals surface area contributed by atoms with Gasteiger partial charge in [-0.3, -0.25) is 4.79 Å². The highest BCUT2D eigenvalue weighted by atomic mass is 32.2. The topological polar surface area (TPSA) is 92.9 Å². The van der Waals surface area contributed by atoms with E-state index in [0.717, 1.165) is 44.9 Å². The molecule has 0 radical (unpaired) electrons. The van der Waals surface area contributed by atoms with Crippen LogP contribution in [-0.2, 0) is 6.42 Å². The Morgan fingerprint density at radius 2 is 1.80 bits per heavy atom. The van der Waals surface area contributed by atoms with Crippen molar-refractivity contribution in [3.05, 3.63) is 114 Å². The van der Waals surface area contributed by atoms with Gasteiger partial charge in [-0.05, 0) is 90.0 Å². The molecule has 1 unspecified atom stereocenters. The van der Waals surface area contributed by atoms with Gasteiger partial charge >= 0.3 is 0 Å². The van der Waals surface area contributed by atoms with E-state index in [9.17, 15) is 4.79 Å². The second kappa shape index (κ2) is 11.0. The summed E-state index contributed by atoms with van der Waals surface area (Å²) >= 11 is 1.60. The average Bonchev–Trinajstić information content (AvgIpc) is 3.37. The van der Waals surface area contributed by atoms with E-state index in [4.69, 9.17) is 5.73 Å². The van der Waals surface area contributed by atoms with Crippen molar-refractivity contribution >= 4 is 45.8 Å². The van der Waals surface area contributed by atoms with Crippen LogP contribution in [0.3, 0.4) is 0 Å². The maximum atomic E-state index is 13.5. The van der Waals surface area contributed by atoms with Gasteiger partial charge in [-0.2, -0.15) is 0 Å². The van der Waals surface area contributed by atoms with Gasteiger partial charge in [0, 0.05) is 26.4 Å². The van der Waals surface area contributed by atoms with E-state index in [2.05, 4.69) is 70.8 Å². The number of amides is 1. The Morgan fingerprint density at radius 1 is 0.975 bits per heavy atom. The number of nitrogens with one attached hydrogen (secondary N) is 2. The number of rotatable bonds is 7. The van der Waals surface area contributed by atoms with Crippen LogP contribution in [0.5, 0.6) is 0 Å². The summed E-state index contributed by atoms with van der Waals surface area (Å²) in [6.45, 7) is 4.34. The third-order valence-electron chi connectivity index (χ3n) is 7.37. The third-order valence-corrected chi connectivity index (χ3v) is 8.45. The van der Waals surface area contributed by atoms with Gasteiger partial charge in [-0.1, -0.05) is 55.9 Å². The maximum Gasteiger partial charge on any atom is 0.251 e. The van der Waals surface area contributed by atoms with Gasteiger partial charge in [0.2, 0.25) is 0 Å². The first-order chi connectivity index (χ1) is 19.4. The van der Waals surface area contributed by atoms with Gasteiger partial charge in [-0.25, -0.2) is 9.97 Å². The second-order valence-corrected chi connectivity index (χ2v) is 11.5. The molecule has 4 aromatic carbocycles. The second-order valence-electron chi connectivity index (χ2n) is 10.4. The van der Waals surface area contributed by atoms with Crippen LogP contribution in [0.1, 0.15) is 59.3 Å². The summed E-state index contributed by atoms with van der Waals surface area (Å²) in [7, 11) is 0. The lowest BCUT2D eigenvalue weighted by molar-refractivity contribution is 0.0936. The summed E-state index contributed by atoms with van der Waals surface area (Å²) in [6.07, 6.45) is 3.46. The van der Waals surface area contributed by atoms with Crippen molar-refractivity contribution in [2.45, 2.75) is 48.4 Å². The summed E-state index contributed by atoms with van der Waals surface area (Å²) < 4.78 is 0. The number of anilines is 3. The predicted molar refractivity (Wildman–Crippen MR) is 163 cm³/mol. The lowest BCUT2D eigenvalue weighted by Crippen LogP contribution is -2.27. The lowest BCUT2D eigenvalue weighted by atomic mass is 10.0. The Hall–Kier alpha value is -4.36. The fourth-order valence-electron chi connectivity index (χ4n) is 5.13. The molecule has 1 heterocycles. The number of nitrogen functional groups attached to an aromatic ring is 1. The first-order valence-electron chi connectivity index (χ1n) is 13.5. The molecule has 1 aromatic heterocycles. The lowest BCUT2D eigenvalue weighted by Gasteiger charge is -2.17. The maximum absolute atomic E-state index is 13.5. The van der Waals surface area contributed by atoms with Crippen LogP contribution in [0.4, 0.5) is 17.2 Å². The van der Waals surface area contributed by atoms with Crippen LogP contribution in [-0.4, -0.2) is 15.9 Å². The first kappa shape index (κ1) is 25.9. The molecule has 6 nitrogen and oxygen atoms in total. The van der Waals surface area contributed by atoms with E-state index in [0.29, 0.717) is 17.3 Å². The van der Waals surface area contributed by atoms with E-state index >= 15 is 0 Å². The summed E-state index contributed by atoms with van der Waals surface area (Å²) in [5, 5.41) is 7.70. The molecule has 6 rings (SSSR count). The summed E-state index contributed by atoms with van der Waals surface area (Å²) in [4.78, 5) is 24.6. The molecule has 200 valence electrons. The van der Waals surface area contributed by atoms with Crippen molar-refractivity contribution in [1.29, 1.82) is 0 Å². The van der Waals surface area contributed by atoms with Gasteiger partial charge in [-0.15, -0.1) is 0 Å². The van der Waals surface area contributed by atoms with Crippen molar-refractivity contribution in [1.82, 2.24) is 15.3 Å². The van der Waals surface area contributed by atoms with Crippen LogP contribution in [0.15, 0.2) is 101 Å². The number of carbonyl (C=O) groups excluding carboxylic acids is 1. The average molecular weight is 546 g/mol. The minimum absolute atomic E-state index is 0.0184. The van der Waals surface area contributed by atoms with E-state index in [-0.39, 0.29) is 11.9 Å². The molecule has 0 saturated carbocycles. The molecule has 5 aromatic rings. The van der Waals surface area contributed by atoms with E-state index in [1.807, 2.05) is 48.5 Å². The van der Waals surface area contributed by atoms with Crippen LogP contribution in [0.2, 0.25) is 0 Å². The van der Waals surface area contributed by atoms with Gasteiger partial charge in [0.1, 0.15) is 12.1 Å². The molecular weight excluding hydrogens is 514 g/mol. The van der Waals surface area contributed by atoms with Gasteiger partial charge in [0.25, 0.3) is 5.91 Å². The zero-order chi connectivity index (χ0) is 27.6. The van der Waals surface area contributed by atoms with E-state index in [1.54, 1.807) is 18.1 Å². The SMILES string of the molecule is CC(C)c1ccc2c(Nc3cc(C(=O)NC4CCc5ccccc54)ccc3Sc3ccc(N)cc3)ncnc2c1. The standard InChI is InChI=1S/C33H31N5OS/c1-20(2)22-7-14-27-29(17-22)35-19-36-32(27)37-30-18-23(9-16-31(30)40-25-12-10-24(34)11-13-25)33(39)38-28-15-8-21-5-3-4-6-26(21)28/h3-7,9-14,16-20,28H,8,15,34H2,1-2H3,(H,38,39)(H,35,36,37). The van der Waals surface area contributed by atoms with Crippen LogP contribution >= 0.6 is 11.8 Å². The number of fused-ring (bicyclic) bond motifs is 2. The van der Waals surface area contributed by atoms with Crippen molar-refractivity contribution in [2.75, 3.05) is 11.1 Å². The van der Waals surface area contributed by atoms with E-state index in [1.165, 1.54) is 16.7 Å². The number of aromatic nitrogens is 2. The molecule has 1 aliphatic carbocycles. The molecule has 0 bridgehead atoms. The number of benzene rings is 4. The quantitative estimate of drug-likeness (QED) is 0.182. The first-order valence-corrected chi connectivity index (χ1v) is 14.3. The normalized spacial score (nSPS) is 14.3. The predicted octanol–water partition coefficient (Wildman–Crippen LogP) is 7.65. The van der Waals surface area contributed by atoms with Crippen LogP contribution in [0.25, 0.3) is 10.9 Å². The minimum atomic E-state index is -0.0945. The summed E-state index contributed by atoms with van der Waals surface area (Å²) in [5.74, 6) is 1.00. The summed E-state index contributed by atoms with van der Waals surface area (Å²) in [5.41, 5.74) is 12.6. The molecule has 1 atom stereocenters. The van der Waals surface area contributed by atoms with Crippen LogP contribution < -0.4 is 16.4 Å². The number of hydrogen-bond donors (Lipinski definition) is 3. The van der Waals surface area contributed by atoms with Gasteiger partial charge in [0.15, 0.2) is 0 Å². The molecule has 0 fully saturated rings. The highest BCUT2D eigenvalue weighted by molar-refractivity contribution is 7.99. The largest absolute Gasteiger partial charge is 0.399 e. The monoisotopic (exact) mass is 545 g/mol. The highest BCUT2D eigenvalue weighted by Crippen LogP contribution is 2.37. The Labute approximate surface area is 238 Å². The molecule has 7 heteroatoms. The summed E-state index contributed by atoms with van der Waals surface area (Å²) in [6, 6.07) is 28.2. The third kappa shape index (κ3) is 5.38. The number of hydrogen-bond acceptors (Lipinski definition) is 6. The Morgan fingerprint density at radius 3 is 2.62 bits per heavy atom. The zero-order valence-electron chi connectivity index (χ0n) is 22.5. The molecule has 1 amide bonds. The smallest absolute Gasteiger partial charge is 0.251 e. The molecule has 4 N–H and O–H groups in total. The number of aryl methyl sites for hydroxylation is 1.